The standard InChI is InChI=1S/C15H15NO7S/c1-21-14(17)11-7-8-22-13(11)9-23-15(18)10-5-3-4-6-12(10)16-24(2,19)20/h3-8,16H,9H2,1-2H3. The molecular weight excluding hydrogens is 338 g/mol. The lowest BCUT2D eigenvalue weighted by Crippen LogP contribution is -2.15. The Morgan fingerprint density at radius 2 is 1.83 bits per heavy atom. The van der Waals surface area contributed by atoms with Crippen molar-refractivity contribution >= 4 is 27.6 Å². The smallest absolute Gasteiger partial charge is 0.341 e. The van der Waals surface area contributed by atoms with Crippen LogP contribution < -0.4 is 4.72 Å². The number of anilines is 1. The summed E-state index contributed by atoms with van der Waals surface area (Å²) in [6.07, 6.45) is 2.25. The summed E-state index contributed by atoms with van der Waals surface area (Å²) in [4.78, 5) is 23.7. The first-order chi connectivity index (χ1) is 11.3. The number of carbonyl (C=O) groups excluding carboxylic acids is 2. The highest BCUT2D eigenvalue weighted by molar-refractivity contribution is 7.92. The Balaban J connectivity index is 2.14. The van der Waals surface area contributed by atoms with Crippen LogP contribution in [0, 0.1) is 0 Å². The minimum absolute atomic E-state index is 0.0362. The third-order valence-electron chi connectivity index (χ3n) is 2.93. The van der Waals surface area contributed by atoms with Crippen molar-refractivity contribution in [3.8, 4) is 0 Å². The number of ether oxygens (including phenoxy) is 2. The van der Waals surface area contributed by atoms with Gasteiger partial charge in [-0.25, -0.2) is 18.0 Å². The largest absolute Gasteiger partial charge is 0.465 e. The Bertz CT molecular complexity index is 854. The molecule has 24 heavy (non-hydrogen) atoms. The molecule has 0 radical (unpaired) electrons. The minimum Gasteiger partial charge on any atom is -0.465 e. The summed E-state index contributed by atoms with van der Waals surface area (Å²) in [5.41, 5.74) is 0.277. The van der Waals surface area contributed by atoms with Crippen molar-refractivity contribution in [2.45, 2.75) is 6.61 Å². The van der Waals surface area contributed by atoms with Crippen LogP contribution in [0.2, 0.25) is 0 Å². The van der Waals surface area contributed by atoms with Crippen LogP contribution in [0.1, 0.15) is 26.5 Å². The first kappa shape index (κ1) is 17.5. The topological polar surface area (TPSA) is 112 Å². The molecular formula is C15H15NO7S. The van der Waals surface area contributed by atoms with Gasteiger partial charge in [0.15, 0.2) is 12.4 Å². The molecule has 128 valence electrons. The van der Waals surface area contributed by atoms with Gasteiger partial charge in [-0.3, -0.25) is 4.72 Å². The average molecular weight is 353 g/mol. The van der Waals surface area contributed by atoms with E-state index in [2.05, 4.69) is 9.46 Å². The molecule has 2 aromatic rings. The van der Waals surface area contributed by atoms with E-state index in [0.717, 1.165) is 6.26 Å². The Kier molecular flexibility index (Phi) is 5.24. The van der Waals surface area contributed by atoms with Gasteiger partial charge in [-0.2, -0.15) is 0 Å². The Hall–Kier alpha value is -2.81. The first-order valence-electron chi connectivity index (χ1n) is 6.70. The number of rotatable bonds is 6. The number of carbonyl (C=O) groups is 2. The molecule has 1 aromatic heterocycles. The number of hydrogen-bond donors (Lipinski definition) is 1. The maximum atomic E-state index is 12.2. The second-order valence-corrected chi connectivity index (χ2v) is 6.49. The quantitative estimate of drug-likeness (QED) is 0.788. The van der Waals surface area contributed by atoms with Crippen LogP contribution >= 0.6 is 0 Å². The predicted molar refractivity (Wildman–Crippen MR) is 84.1 cm³/mol. The summed E-state index contributed by atoms with van der Waals surface area (Å²) >= 11 is 0. The van der Waals surface area contributed by atoms with Gasteiger partial charge in [0.05, 0.1) is 30.9 Å². The molecule has 0 bridgehead atoms. The SMILES string of the molecule is COC(=O)c1ccoc1COC(=O)c1ccccc1NS(C)(=O)=O. The number of hydrogen-bond acceptors (Lipinski definition) is 7. The van der Waals surface area contributed by atoms with Crippen LogP contribution in [0.4, 0.5) is 5.69 Å². The van der Waals surface area contributed by atoms with Crippen molar-refractivity contribution in [3.63, 3.8) is 0 Å². The number of methoxy groups -OCH3 is 1. The van der Waals surface area contributed by atoms with E-state index in [1.807, 2.05) is 0 Å². The van der Waals surface area contributed by atoms with E-state index in [1.54, 1.807) is 12.1 Å². The average Bonchev–Trinajstić information content (AvgIpc) is 2.99. The molecule has 0 fully saturated rings. The van der Waals surface area contributed by atoms with Gasteiger partial charge in [0.2, 0.25) is 10.0 Å². The highest BCUT2D eigenvalue weighted by Crippen LogP contribution is 2.19. The molecule has 8 nitrogen and oxygen atoms in total. The lowest BCUT2D eigenvalue weighted by molar-refractivity contribution is 0.0433. The van der Waals surface area contributed by atoms with Crippen molar-refractivity contribution in [1.82, 2.24) is 0 Å². The molecule has 0 spiro atoms. The van der Waals surface area contributed by atoms with Crippen molar-refractivity contribution in [1.29, 1.82) is 0 Å². The molecule has 0 aliphatic heterocycles. The molecule has 1 heterocycles. The number of nitrogens with one attached hydrogen (secondary N) is 1. The Morgan fingerprint density at radius 3 is 2.50 bits per heavy atom. The fourth-order valence-corrected chi connectivity index (χ4v) is 2.48. The molecule has 1 aromatic carbocycles. The highest BCUT2D eigenvalue weighted by atomic mass is 32.2. The monoisotopic (exact) mass is 353 g/mol. The predicted octanol–water partition coefficient (Wildman–Crippen LogP) is 1.79. The van der Waals surface area contributed by atoms with Gasteiger partial charge >= 0.3 is 11.9 Å². The van der Waals surface area contributed by atoms with E-state index >= 15 is 0 Å². The molecule has 0 saturated heterocycles. The molecule has 0 saturated carbocycles. The van der Waals surface area contributed by atoms with Crippen LogP contribution in [0.3, 0.4) is 0 Å². The third-order valence-corrected chi connectivity index (χ3v) is 3.52. The van der Waals surface area contributed by atoms with E-state index in [-0.39, 0.29) is 29.2 Å². The molecule has 0 unspecified atom stereocenters. The maximum absolute atomic E-state index is 12.2. The van der Waals surface area contributed by atoms with E-state index < -0.39 is 22.0 Å². The summed E-state index contributed by atoms with van der Waals surface area (Å²) in [6, 6.07) is 7.39. The molecule has 0 atom stereocenters. The lowest BCUT2D eigenvalue weighted by atomic mass is 10.2. The maximum Gasteiger partial charge on any atom is 0.341 e. The van der Waals surface area contributed by atoms with E-state index in [4.69, 9.17) is 9.15 Å². The van der Waals surface area contributed by atoms with Crippen molar-refractivity contribution in [2.24, 2.45) is 0 Å². The second kappa shape index (κ2) is 7.18. The first-order valence-corrected chi connectivity index (χ1v) is 8.59. The number of furan rings is 1. The highest BCUT2D eigenvalue weighted by Gasteiger charge is 2.19. The van der Waals surface area contributed by atoms with Crippen LogP contribution in [0.25, 0.3) is 0 Å². The summed E-state index contributed by atoms with van der Waals surface area (Å²) in [7, 11) is -2.33. The number of para-hydroxylation sites is 1. The van der Waals surface area contributed by atoms with Gasteiger partial charge in [0.1, 0.15) is 5.56 Å². The van der Waals surface area contributed by atoms with E-state index in [1.165, 1.54) is 31.6 Å². The normalized spacial score (nSPS) is 10.9. The second-order valence-electron chi connectivity index (χ2n) is 4.74. The zero-order valence-electron chi connectivity index (χ0n) is 12.9. The van der Waals surface area contributed by atoms with Gasteiger partial charge in [-0.1, -0.05) is 12.1 Å². The van der Waals surface area contributed by atoms with Crippen molar-refractivity contribution < 1.29 is 31.9 Å². The Morgan fingerprint density at radius 1 is 1.12 bits per heavy atom. The molecule has 0 aliphatic rings. The van der Waals surface area contributed by atoms with Crippen LogP contribution in [-0.4, -0.2) is 33.7 Å². The van der Waals surface area contributed by atoms with E-state index in [0.29, 0.717) is 0 Å². The van der Waals surface area contributed by atoms with Gasteiger partial charge in [-0.15, -0.1) is 0 Å². The Labute approximate surface area is 138 Å². The van der Waals surface area contributed by atoms with Crippen molar-refractivity contribution in [2.75, 3.05) is 18.1 Å². The fraction of sp³-hybridized carbons (Fsp3) is 0.200. The van der Waals surface area contributed by atoms with Crippen LogP contribution in [0.15, 0.2) is 41.0 Å². The van der Waals surface area contributed by atoms with Crippen LogP contribution in [0.5, 0.6) is 0 Å². The van der Waals surface area contributed by atoms with Gasteiger partial charge in [-0.05, 0) is 18.2 Å². The molecule has 0 amide bonds. The van der Waals surface area contributed by atoms with Crippen molar-refractivity contribution in [3.05, 3.63) is 53.5 Å². The number of benzene rings is 1. The van der Waals surface area contributed by atoms with Gasteiger partial charge < -0.3 is 13.9 Å². The summed E-state index contributed by atoms with van der Waals surface area (Å²) in [6.45, 7) is -0.302. The number of esters is 2. The minimum atomic E-state index is -3.55. The molecule has 2 rings (SSSR count). The number of sulfonamides is 1. The zero-order chi connectivity index (χ0) is 17.7. The van der Waals surface area contributed by atoms with Gasteiger partial charge in [0.25, 0.3) is 0 Å². The van der Waals surface area contributed by atoms with Gasteiger partial charge in [0, 0.05) is 0 Å². The third kappa shape index (κ3) is 4.35. The van der Waals surface area contributed by atoms with E-state index in [9.17, 15) is 18.0 Å². The molecule has 1 N–H and O–H groups in total. The zero-order valence-corrected chi connectivity index (χ0v) is 13.8. The summed E-state index contributed by atoms with van der Waals surface area (Å²) in [5, 5.41) is 0. The molecule has 0 aliphatic carbocycles. The lowest BCUT2D eigenvalue weighted by Gasteiger charge is -2.10. The van der Waals surface area contributed by atoms with Crippen LogP contribution in [-0.2, 0) is 26.1 Å². The molecule has 9 heteroatoms. The summed E-state index contributed by atoms with van der Waals surface area (Å²) < 4.78 is 39.7. The summed E-state index contributed by atoms with van der Waals surface area (Å²) in [5.74, 6) is -1.26. The fourth-order valence-electron chi connectivity index (χ4n) is 1.90.